The topological polar surface area (TPSA) is 98.3 Å². The highest BCUT2D eigenvalue weighted by molar-refractivity contribution is 7.15. The zero-order valence-electron chi connectivity index (χ0n) is 13.0. The second-order valence-electron chi connectivity index (χ2n) is 5.11. The average molecular weight is 378 g/mol. The summed E-state index contributed by atoms with van der Waals surface area (Å²) in [6, 6.07) is 7.44. The molecular formula is C16H12ClN3O4S. The minimum atomic E-state index is -0.613. The normalized spacial score (nSPS) is 10.6. The number of nitro benzene ring substituents is 1. The van der Waals surface area contributed by atoms with Crippen LogP contribution < -0.4 is 5.32 Å². The Labute approximate surface area is 151 Å². The molecule has 0 radical (unpaired) electrons. The lowest BCUT2D eigenvalue weighted by molar-refractivity contribution is -0.385. The monoisotopic (exact) mass is 377 g/mol. The SMILES string of the molecule is Cc1nc(-c2ccco2)sc1CNC(=O)c1cc(Cl)ccc1[N+](=O)[O-]. The van der Waals surface area contributed by atoms with Gasteiger partial charge in [0, 0.05) is 16.0 Å². The van der Waals surface area contributed by atoms with Crippen molar-refractivity contribution in [3.05, 3.63) is 67.9 Å². The predicted octanol–water partition coefficient (Wildman–Crippen LogP) is 4.20. The highest BCUT2D eigenvalue weighted by Gasteiger charge is 2.21. The van der Waals surface area contributed by atoms with E-state index in [1.807, 2.05) is 6.92 Å². The summed E-state index contributed by atoms with van der Waals surface area (Å²) in [7, 11) is 0. The zero-order chi connectivity index (χ0) is 18.0. The number of carbonyl (C=O) groups is 1. The van der Waals surface area contributed by atoms with Crippen LogP contribution in [0.5, 0.6) is 0 Å². The van der Waals surface area contributed by atoms with Crippen LogP contribution >= 0.6 is 22.9 Å². The van der Waals surface area contributed by atoms with Crippen LogP contribution in [0.3, 0.4) is 0 Å². The number of nitro groups is 1. The number of carbonyl (C=O) groups excluding carboxylic acids is 1. The Morgan fingerprint density at radius 2 is 2.24 bits per heavy atom. The lowest BCUT2D eigenvalue weighted by Gasteiger charge is -2.05. The number of thiazole rings is 1. The third kappa shape index (κ3) is 3.70. The Bertz CT molecular complexity index is 937. The van der Waals surface area contributed by atoms with E-state index in [2.05, 4.69) is 10.3 Å². The lowest BCUT2D eigenvalue weighted by atomic mass is 10.1. The molecule has 3 aromatic rings. The number of benzene rings is 1. The number of nitrogens with zero attached hydrogens (tertiary/aromatic N) is 2. The van der Waals surface area contributed by atoms with Gasteiger partial charge in [0.2, 0.25) is 0 Å². The van der Waals surface area contributed by atoms with Crippen LogP contribution in [0.4, 0.5) is 5.69 Å². The Balaban J connectivity index is 1.77. The van der Waals surface area contributed by atoms with Gasteiger partial charge in [-0.25, -0.2) is 4.98 Å². The van der Waals surface area contributed by atoms with E-state index in [4.69, 9.17) is 16.0 Å². The lowest BCUT2D eigenvalue weighted by Crippen LogP contribution is -2.23. The van der Waals surface area contributed by atoms with Gasteiger partial charge in [0.15, 0.2) is 10.8 Å². The van der Waals surface area contributed by atoms with Gasteiger partial charge < -0.3 is 9.73 Å². The molecule has 2 aromatic heterocycles. The summed E-state index contributed by atoms with van der Waals surface area (Å²) in [5, 5.41) is 14.7. The number of aryl methyl sites for hydroxylation is 1. The Morgan fingerprint density at radius 3 is 2.92 bits per heavy atom. The van der Waals surface area contributed by atoms with Crippen LogP contribution in [0.2, 0.25) is 5.02 Å². The first-order chi connectivity index (χ1) is 12.0. The van der Waals surface area contributed by atoms with Crippen LogP contribution in [0, 0.1) is 17.0 Å². The van der Waals surface area contributed by atoms with E-state index in [9.17, 15) is 14.9 Å². The van der Waals surface area contributed by atoms with E-state index in [0.717, 1.165) is 10.6 Å². The zero-order valence-corrected chi connectivity index (χ0v) is 14.6. The van der Waals surface area contributed by atoms with Gasteiger partial charge in [-0.2, -0.15) is 0 Å². The highest BCUT2D eigenvalue weighted by atomic mass is 35.5. The molecule has 0 aliphatic heterocycles. The number of hydrogen-bond acceptors (Lipinski definition) is 6. The van der Waals surface area contributed by atoms with Gasteiger partial charge in [0.25, 0.3) is 11.6 Å². The van der Waals surface area contributed by atoms with Crippen molar-refractivity contribution in [2.45, 2.75) is 13.5 Å². The van der Waals surface area contributed by atoms with E-state index in [1.165, 1.54) is 29.5 Å². The maximum atomic E-state index is 12.3. The van der Waals surface area contributed by atoms with Gasteiger partial charge in [-0.3, -0.25) is 14.9 Å². The molecule has 0 saturated heterocycles. The molecular weight excluding hydrogens is 366 g/mol. The molecule has 2 heterocycles. The van der Waals surface area contributed by atoms with E-state index in [-0.39, 0.29) is 22.8 Å². The molecule has 1 amide bonds. The van der Waals surface area contributed by atoms with Crippen molar-refractivity contribution in [3.8, 4) is 10.8 Å². The number of aromatic nitrogens is 1. The molecule has 0 spiro atoms. The van der Waals surface area contributed by atoms with Crippen molar-refractivity contribution in [2.75, 3.05) is 0 Å². The summed E-state index contributed by atoms with van der Waals surface area (Å²) in [4.78, 5) is 28.0. The first-order valence-electron chi connectivity index (χ1n) is 7.18. The number of halogens is 1. The molecule has 0 atom stereocenters. The summed E-state index contributed by atoms with van der Waals surface area (Å²) in [6.07, 6.45) is 1.56. The van der Waals surface area contributed by atoms with Crippen molar-refractivity contribution in [2.24, 2.45) is 0 Å². The quantitative estimate of drug-likeness (QED) is 0.530. The van der Waals surface area contributed by atoms with Crippen molar-refractivity contribution in [1.82, 2.24) is 10.3 Å². The second kappa shape index (κ2) is 7.04. The highest BCUT2D eigenvalue weighted by Crippen LogP contribution is 2.28. The second-order valence-corrected chi connectivity index (χ2v) is 6.63. The molecule has 128 valence electrons. The van der Waals surface area contributed by atoms with Crippen molar-refractivity contribution in [1.29, 1.82) is 0 Å². The smallest absolute Gasteiger partial charge is 0.282 e. The summed E-state index contributed by atoms with van der Waals surface area (Å²) in [6.45, 7) is 2.03. The van der Waals surface area contributed by atoms with Gasteiger partial charge in [0.05, 0.1) is 23.4 Å². The van der Waals surface area contributed by atoms with E-state index in [0.29, 0.717) is 10.8 Å². The predicted molar refractivity (Wildman–Crippen MR) is 93.8 cm³/mol. The Morgan fingerprint density at radius 1 is 1.44 bits per heavy atom. The van der Waals surface area contributed by atoms with Crippen LogP contribution in [-0.4, -0.2) is 15.8 Å². The number of amides is 1. The minimum absolute atomic E-state index is 0.0778. The maximum absolute atomic E-state index is 12.3. The molecule has 0 aliphatic carbocycles. The average Bonchev–Trinajstić information content (AvgIpc) is 3.22. The summed E-state index contributed by atoms with van der Waals surface area (Å²) in [5.41, 5.74) is 0.391. The van der Waals surface area contributed by atoms with Gasteiger partial charge in [-0.05, 0) is 31.2 Å². The fraction of sp³-hybridized carbons (Fsp3) is 0.125. The van der Waals surface area contributed by atoms with Crippen molar-refractivity contribution < 1.29 is 14.1 Å². The molecule has 1 N–H and O–H groups in total. The molecule has 25 heavy (non-hydrogen) atoms. The molecule has 9 heteroatoms. The number of hydrogen-bond donors (Lipinski definition) is 1. The van der Waals surface area contributed by atoms with Gasteiger partial charge >= 0.3 is 0 Å². The summed E-state index contributed by atoms with van der Waals surface area (Å²) >= 11 is 7.24. The third-order valence-electron chi connectivity index (χ3n) is 3.43. The Hall–Kier alpha value is -2.71. The standard InChI is InChI=1S/C16H12ClN3O4S/c1-9-14(25-16(19-9)13-3-2-6-24-13)8-18-15(21)11-7-10(17)4-5-12(11)20(22)23/h2-7H,8H2,1H3,(H,18,21). The fourth-order valence-corrected chi connectivity index (χ4v) is 3.35. The van der Waals surface area contributed by atoms with Gasteiger partial charge in [0.1, 0.15) is 5.56 Å². The van der Waals surface area contributed by atoms with Crippen molar-refractivity contribution >= 4 is 34.5 Å². The molecule has 0 saturated carbocycles. The minimum Gasteiger partial charge on any atom is -0.462 e. The number of rotatable bonds is 5. The molecule has 0 unspecified atom stereocenters. The maximum Gasteiger partial charge on any atom is 0.282 e. The van der Waals surface area contributed by atoms with E-state index < -0.39 is 10.8 Å². The summed E-state index contributed by atoms with van der Waals surface area (Å²) < 4.78 is 5.31. The first-order valence-corrected chi connectivity index (χ1v) is 8.37. The fourth-order valence-electron chi connectivity index (χ4n) is 2.20. The summed E-state index contributed by atoms with van der Waals surface area (Å²) in [5.74, 6) is 0.0812. The number of nitrogens with one attached hydrogen (secondary N) is 1. The van der Waals surface area contributed by atoms with Crippen LogP contribution in [0.1, 0.15) is 20.9 Å². The molecule has 7 nitrogen and oxygen atoms in total. The number of furan rings is 1. The van der Waals surface area contributed by atoms with E-state index in [1.54, 1.807) is 18.4 Å². The Kier molecular flexibility index (Phi) is 4.82. The van der Waals surface area contributed by atoms with Crippen LogP contribution in [-0.2, 0) is 6.54 Å². The molecule has 0 bridgehead atoms. The van der Waals surface area contributed by atoms with E-state index >= 15 is 0 Å². The third-order valence-corrected chi connectivity index (χ3v) is 4.84. The molecule has 3 rings (SSSR count). The van der Waals surface area contributed by atoms with Gasteiger partial charge in [-0.15, -0.1) is 11.3 Å². The first kappa shape index (κ1) is 17.1. The van der Waals surface area contributed by atoms with Crippen LogP contribution in [0.15, 0.2) is 41.0 Å². The molecule has 0 aliphatic rings. The molecule has 0 fully saturated rings. The molecule has 1 aromatic carbocycles. The van der Waals surface area contributed by atoms with Gasteiger partial charge in [-0.1, -0.05) is 11.6 Å². The largest absolute Gasteiger partial charge is 0.462 e. The van der Waals surface area contributed by atoms with Crippen LogP contribution in [0.25, 0.3) is 10.8 Å². The van der Waals surface area contributed by atoms with Crippen molar-refractivity contribution in [3.63, 3.8) is 0 Å².